The zero-order valence-corrected chi connectivity index (χ0v) is 10.9. The minimum Gasteiger partial charge on any atom is -0.334 e. The summed E-state index contributed by atoms with van der Waals surface area (Å²) in [6.45, 7) is 6.38. The number of amides is 1. The standard InChI is InChI=1S/C12H18N4O2/c1-12(2)8-16(7-6-15(12)3)11(18)9-4-5-10(17)14-13-9/h4-5H,6-8H2,1-3H3,(H,14,17). The molecule has 98 valence electrons. The van der Waals surface area contributed by atoms with Gasteiger partial charge in [-0.05, 0) is 27.0 Å². The summed E-state index contributed by atoms with van der Waals surface area (Å²) in [5.41, 5.74) is -0.0592. The predicted octanol–water partition coefficient (Wildman–Crippen LogP) is -0.0639. The summed E-state index contributed by atoms with van der Waals surface area (Å²) in [5, 5.41) is 6.06. The lowest BCUT2D eigenvalue weighted by Gasteiger charge is -2.45. The van der Waals surface area contributed by atoms with E-state index in [1.807, 2.05) is 0 Å². The summed E-state index contributed by atoms with van der Waals surface area (Å²) in [6, 6.07) is 2.79. The van der Waals surface area contributed by atoms with Crippen LogP contribution in [0.15, 0.2) is 16.9 Å². The van der Waals surface area contributed by atoms with Gasteiger partial charge in [0.1, 0.15) is 5.69 Å². The van der Waals surface area contributed by atoms with Crippen molar-refractivity contribution in [3.8, 4) is 0 Å². The first-order chi connectivity index (χ1) is 8.40. The second-order valence-corrected chi connectivity index (χ2v) is 5.27. The molecule has 0 atom stereocenters. The first-order valence-corrected chi connectivity index (χ1v) is 5.96. The first-order valence-electron chi connectivity index (χ1n) is 5.96. The first kappa shape index (κ1) is 12.8. The van der Waals surface area contributed by atoms with E-state index in [1.54, 1.807) is 4.90 Å². The Morgan fingerprint density at radius 3 is 2.67 bits per heavy atom. The van der Waals surface area contributed by atoms with Crippen LogP contribution in [0.2, 0.25) is 0 Å². The van der Waals surface area contributed by atoms with E-state index in [4.69, 9.17) is 0 Å². The summed E-state index contributed by atoms with van der Waals surface area (Å²) in [4.78, 5) is 27.2. The average molecular weight is 250 g/mol. The molecule has 1 saturated heterocycles. The van der Waals surface area contributed by atoms with Gasteiger partial charge in [0.25, 0.3) is 11.5 Å². The van der Waals surface area contributed by atoms with E-state index in [-0.39, 0.29) is 22.7 Å². The molecule has 0 radical (unpaired) electrons. The van der Waals surface area contributed by atoms with E-state index in [9.17, 15) is 9.59 Å². The number of nitrogens with zero attached hydrogens (tertiary/aromatic N) is 3. The number of hydrogen-bond acceptors (Lipinski definition) is 4. The Balaban J connectivity index is 2.15. The number of aromatic nitrogens is 2. The van der Waals surface area contributed by atoms with Crippen LogP contribution in [0, 0.1) is 0 Å². The number of rotatable bonds is 1. The van der Waals surface area contributed by atoms with Crippen LogP contribution in [0.4, 0.5) is 0 Å². The molecule has 1 fully saturated rings. The van der Waals surface area contributed by atoms with Gasteiger partial charge in [0.15, 0.2) is 0 Å². The summed E-state index contributed by atoms with van der Waals surface area (Å²) in [6.07, 6.45) is 0. The van der Waals surface area contributed by atoms with Crippen molar-refractivity contribution in [1.82, 2.24) is 20.0 Å². The van der Waals surface area contributed by atoms with Crippen molar-refractivity contribution in [1.29, 1.82) is 0 Å². The van der Waals surface area contributed by atoms with Crippen LogP contribution in [0.5, 0.6) is 0 Å². The molecule has 1 aromatic rings. The Morgan fingerprint density at radius 1 is 1.39 bits per heavy atom. The van der Waals surface area contributed by atoms with E-state index in [0.717, 1.165) is 6.54 Å². The number of hydrogen-bond donors (Lipinski definition) is 1. The summed E-state index contributed by atoms with van der Waals surface area (Å²) < 4.78 is 0. The molecule has 0 spiro atoms. The molecular formula is C12H18N4O2. The molecule has 1 aromatic heterocycles. The van der Waals surface area contributed by atoms with Crippen LogP contribution in [0.3, 0.4) is 0 Å². The van der Waals surface area contributed by atoms with Gasteiger partial charge in [-0.2, -0.15) is 5.10 Å². The highest BCUT2D eigenvalue weighted by Crippen LogP contribution is 2.19. The third-order valence-corrected chi connectivity index (χ3v) is 3.50. The maximum Gasteiger partial charge on any atom is 0.274 e. The van der Waals surface area contributed by atoms with Crippen LogP contribution in [0.1, 0.15) is 24.3 Å². The lowest BCUT2D eigenvalue weighted by Crippen LogP contribution is -2.59. The second-order valence-electron chi connectivity index (χ2n) is 5.27. The maximum absolute atomic E-state index is 12.2. The van der Waals surface area contributed by atoms with E-state index in [0.29, 0.717) is 13.1 Å². The molecular weight excluding hydrogens is 232 g/mol. The average Bonchev–Trinajstić information content (AvgIpc) is 2.33. The molecule has 2 rings (SSSR count). The van der Waals surface area contributed by atoms with Gasteiger partial charge in [0, 0.05) is 31.2 Å². The fraction of sp³-hybridized carbons (Fsp3) is 0.583. The SMILES string of the molecule is CN1CCN(C(=O)c2ccc(=O)[nH]n2)CC1(C)C. The summed E-state index contributed by atoms with van der Waals surface area (Å²) in [7, 11) is 2.06. The van der Waals surface area contributed by atoms with Gasteiger partial charge in [0.05, 0.1) is 0 Å². The normalized spacial score (nSPS) is 19.8. The van der Waals surface area contributed by atoms with Crippen LogP contribution in [-0.2, 0) is 0 Å². The molecule has 6 heteroatoms. The monoisotopic (exact) mass is 250 g/mol. The fourth-order valence-electron chi connectivity index (χ4n) is 2.04. The van der Waals surface area contributed by atoms with Gasteiger partial charge in [-0.3, -0.25) is 14.5 Å². The summed E-state index contributed by atoms with van der Waals surface area (Å²) >= 11 is 0. The second kappa shape index (κ2) is 4.53. The van der Waals surface area contributed by atoms with E-state index < -0.39 is 0 Å². The molecule has 0 aromatic carbocycles. The Hall–Kier alpha value is -1.69. The minimum atomic E-state index is -0.301. The van der Waals surface area contributed by atoms with Crippen molar-refractivity contribution in [2.24, 2.45) is 0 Å². The van der Waals surface area contributed by atoms with Crippen molar-refractivity contribution < 1.29 is 4.79 Å². The molecule has 1 N–H and O–H groups in total. The highest BCUT2D eigenvalue weighted by Gasteiger charge is 2.33. The van der Waals surface area contributed by atoms with Gasteiger partial charge in [-0.15, -0.1) is 0 Å². The molecule has 6 nitrogen and oxygen atoms in total. The van der Waals surface area contributed by atoms with Gasteiger partial charge >= 0.3 is 0 Å². The van der Waals surface area contributed by atoms with Gasteiger partial charge in [-0.1, -0.05) is 0 Å². The molecule has 1 amide bonds. The van der Waals surface area contributed by atoms with Gasteiger partial charge in [0.2, 0.25) is 0 Å². The van der Waals surface area contributed by atoms with Crippen LogP contribution in [0.25, 0.3) is 0 Å². The van der Waals surface area contributed by atoms with Crippen LogP contribution in [-0.4, -0.2) is 58.1 Å². The Kier molecular flexibility index (Phi) is 3.21. The van der Waals surface area contributed by atoms with E-state index in [2.05, 4.69) is 36.0 Å². The van der Waals surface area contributed by atoms with Crippen LogP contribution < -0.4 is 5.56 Å². The fourth-order valence-corrected chi connectivity index (χ4v) is 2.04. The maximum atomic E-state index is 12.2. The Bertz CT molecular complexity index is 489. The Morgan fingerprint density at radius 2 is 2.11 bits per heavy atom. The molecule has 18 heavy (non-hydrogen) atoms. The molecule has 2 heterocycles. The lowest BCUT2D eigenvalue weighted by atomic mass is 9.99. The summed E-state index contributed by atoms with van der Waals surface area (Å²) in [5.74, 6) is -0.132. The van der Waals surface area contributed by atoms with Gasteiger partial charge in [-0.25, -0.2) is 5.10 Å². The predicted molar refractivity (Wildman–Crippen MR) is 67.5 cm³/mol. The molecule has 1 aliphatic heterocycles. The lowest BCUT2D eigenvalue weighted by molar-refractivity contribution is 0.0306. The third kappa shape index (κ3) is 2.43. The van der Waals surface area contributed by atoms with Crippen LogP contribution >= 0.6 is 0 Å². The number of nitrogens with one attached hydrogen (secondary N) is 1. The van der Waals surface area contributed by atoms with Crippen molar-refractivity contribution in [3.63, 3.8) is 0 Å². The number of piperazine rings is 1. The van der Waals surface area contributed by atoms with Crippen molar-refractivity contribution >= 4 is 5.91 Å². The van der Waals surface area contributed by atoms with Crippen molar-refractivity contribution in [2.75, 3.05) is 26.7 Å². The largest absolute Gasteiger partial charge is 0.334 e. The van der Waals surface area contributed by atoms with E-state index >= 15 is 0 Å². The van der Waals surface area contributed by atoms with Crippen molar-refractivity contribution in [2.45, 2.75) is 19.4 Å². The molecule has 0 aliphatic carbocycles. The third-order valence-electron chi connectivity index (χ3n) is 3.50. The number of H-pyrrole nitrogens is 1. The highest BCUT2D eigenvalue weighted by atomic mass is 16.2. The van der Waals surface area contributed by atoms with Gasteiger partial charge < -0.3 is 4.90 Å². The Labute approximate surface area is 106 Å². The van der Waals surface area contributed by atoms with E-state index in [1.165, 1.54) is 12.1 Å². The minimum absolute atomic E-state index is 0.0455. The van der Waals surface area contributed by atoms with Crippen molar-refractivity contribution in [3.05, 3.63) is 28.2 Å². The molecule has 0 bridgehead atoms. The molecule has 0 unspecified atom stereocenters. The zero-order valence-electron chi connectivity index (χ0n) is 10.9. The topological polar surface area (TPSA) is 69.3 Å². The molecule has 0 saturated carbocycles. The number of aromatic amines is 1. The highest BCUT2D eigenvalue weighted by molar-refractivity contribution is 5.92. The smallest absolute Gasteiger partial charge is 0.274 e. The molecule has 1 aliphatic rings. The quantitative estimate of drug-likeness (QED) is 0.758. The number of likely N-dealkylation sites (N-methyl/N-ethyl adjacent to an activating group) is 1. The number of carbonyl (C=O) groups is 1. The zero-order chi connectivity index (χ0) is 13.3. The number of carbonyl (C=O) groups excluding carboxylic acids is 1.